The van der Waals surface area contributed by atoms with E-state index in [1.165, 1.54) is 18.4 Å². The summed E-state index contributed by atoms with van der Waals surface area (Å²) < 4.78 is 43.1. The normalized spacial score (nSPS) is 11.5. The van der Waals surface area contributed by atoms with Crippen LogP contribution < -0.4 is 5.32 Å². The van der Waals surface area contributed by atoms with E-state index in [4.69, 9.17) is 4.42 Å². The molecule has 0 aliphatic carbocycles. The Morgan fingerprint density at radius 2 is 2.12 bits per heavy atom. The number of amides is 1. The molecule has 1 aromatic carbocycles. The fourth-order valence-corrected chi connectivity index (χ4v) is 2.53. The van der Waals surface area contributed by atoms with Crippen LogP contribution in [-0.2, 0) is 11.0 Å². The van der Waals surface area contributed by atoms with Gasteiger partial charge in [-0.3, -0.25) is 9.89 Å². The highest BCUT2D eigenvalue weighted by atomic mass is 32.2. The maximum absolute atomic E-state index is 12.6. The Kier molecular flexibility index (Phi) is 4.79. The number of furan rings is 1. The van der Waals surface area contributed by atoms with Crippen molar-refractivity contribution in [3.63, 3.8) is 0 Å². The summed E-state index contributed by atoms with van der Waals surface area (Å²) in [6.07, 6.45) is -2.97. The average molecular weight is 368 g/mol. The number of aromatic amines is 1. The van der Waals surface area contributed by atoms with Gasteiger partial charge < -0.3 is 9.73 Å². The van der Waals surface area contributed by atoms with E-state index in [-0.39, 0.29) is 11.4 Å². The lowest BCUT2D eigenvalue weighted by Gasteiger charge is -2.09. The molecular weight excluding hydrogens is 357 g/mol. The summed E-state index contributed by atoms with van der Waals surface area (Å²) >= 11 is 1.05. The minimum Gasteiger partial charge on any atom is -0.461 e. The number of alkyl halides is 3. The van der Waals surface area contributed by atoms with E-state index in [0.717, 1.165) is 23.9 Å². The lowest BCUT2D eigenvalue weighted by atomic mass is 10.2. The number of thioether (sulfide) groups is 1. The van der Waals surface area contributed by atoms with Gasteiger partial charge in [-0.15, -0.1) is 5.10 Å². The zero-order valence-corrected chi connectivity index (χ0v) is 13.3. The van der Waals surface area contributed by atoms with E-state index in [0.29, 0.717) is 16.7 Å². The lowest BCUT2D eigenvalue weighted by molar-refractivity contribution is -0.137. The van der Waals surface area contributed by atoms with Crippen molar-refractivity contribution in [1.29, 1.82) is 0 Å². The monoisotopic (exact) mass is 368 g/mol. The molecule has 0 radical (unpaired) electrons. The Hall–Kier alpha value is -2.75. The number of aromatic nitrogens is 3. The van der Waals surface area contributed by atoms with E-state index in [2.05, 4.69) is 20.5 Å². The number of nitrogens with one attached hydrogen (secondary N) is 2. The number of H-pyrrole nitrogens is 1. The third-order valence-corrected chi connectivity index (χ3v) is 3.87. The van der Waals surface area contributed by atoms with Crippen LogP contribution in [0.4, 0.5) is 18.9 Å². The molecule has 10 heteroatoms. The second-order valence-corrected chi connectivity index (χ2v) is 5.80. The van der Waals surface area contributed by atoms with Crippen LogP contribution in [0, 0.1) is 0 Å². The first-order valence-electron chi connectivity index (χ1n) is 6.98. The highest BCUT2D eigenvalue weighted by Gasteiger charge is 2.30. The number of hydrogen-bond acceptors (Lipinski definition) is 5. The van der Waals surface area contributed by atoms with Crippen LogP contribution >= 0.6 is 11.8 Å². The van der Waals surface area contributed by atoms with Gasteiger partial charge in [0.05, 0.1) is 17.6 Å². The number of nitrogens with zero attached hydrogens (tertiary/aromatic N) is 2. The van der Waals surface area contributed by atoms with Crippen molar-refractivity contribution in [2.75, 3.05) is 11.1 Å². The Labute approximate surface area is 143 Å². The number of halogens is 3. The highest BCUT2D eigenvalue weighted by Crippen LogP contribution is 2.30. The first kappa shape index (κ1) is 17.1. The second-order valence-electron chi connectivity index (χ2n) is 4.86. The topological polar surface area (TPSA) is 83.8 Å². The van der Waals surface area contributed by atoms with Crippen molar-refractivity contribution in [2.24, 2.45) is 0 Å². The molecule has 0 bridgehead atoms. The summed E-state index contributed by atoms with van der Waals surface area (Å²) in [5.74, 6) is 0.415. The Morgan fingerprint density at radius 1 is 1.28 bits per heavy atom. The molecule has 0 saturated heterocycles. The Morgan fingerprint density at radius 3 is 2.84 bits per heavy atom. The van der Waals surface area contributed by atoms with E-state index in [1.54, 1.807) is 12.1 Å². The Balaban J connectivity index is 1.57. The third kappa shape index (κ3) is 4.41. The van der Waals surface area contributed by atoms with Gasteiger partial charge in [0.1, 0.15) is 0 Å². The quantitative estimate of drug-likeness (QED) is 0.669. The van der Waals surface area contributed by atoms with Gasteiger partial charge in [0.25, 0.3) is 0 Å². The van der Waals surface area contributed by atoms with Gasteiger partial charge in [-0.25, -0.2) is 0 Å². The predicted molar refractivity (Wildman–Crippen MR) is 84.9 cm³/mol. The fraction of sp³-hybridized carbons (Fsp3) is 0.133. The summed E-state index contributed by atoms with van der Waals surface area (Å²) in [4.78, 5) is 16.0. The standard InChI is InChI=1S/C15H11F3N4O2S/c16-15(17,18)9-3-1-4-10(7-9)19-12(23)8-25-14-20-13(21-22-14)11-5-2-6-24-11/h1-7H,8H2,(H,19,23)(H,20,21,22). The van der Waals surface area contributed by atoms with Crippen molar-refractivity contribution < 1.29 is 22.4 Å². The number of benzene rings is 1. The number of hydrogen-bond donors (Lipinski definition) is 2. The van der Waals surface area contributed by atoms with Crippen molar-refractivity contribution in [2.45, 2.75) is 11.3 Å². The molecule has 0 saturated carbocycles. The highest BCUT2D eigenvalue weighted by molar-refractivity contribution is 7.99. The van der Waals surface area contributed by atoms with Crippen LogP contribution in [0.1, 0.15) is 5.56 Å². The van der Waals surface area contributed by atoms with Gasteiger partial charge in [0, 0.05) is 5.69 Å². The van der Waals surface area contributed by atoms with Gasteiger partial charge in [-0.1, -0.05) is 17.8 Å². The summed E-state index contributed by atoms with van der Waals surface area (Å²) in [6.45, 7) is 0. The predicted octanol–water partition coefficient (Wildman–Crippen LogP) is 3.81. The van der Waals surface area contributed by atoms with Crippen LogP contribution in [0.15, 0.2) is 52.2 Å². The summed E-state index contributed by atoms with van der Waals surface area (Å²) in [5.41, 5.74) is -0.748. The van der Waals surface area contributed by atoms with Crippen LogP contribution in [0.3, 0.4) is 0 Å². The molecule has 130 valence electrons. The molecule has 25 heavy (non-hydrogen) atoms. The maximum atomic E-state index is 12.6. The third-order valence-electron chi connectivity index (χ3n) is 3.03. The van der Waals surface area contributed by atoms with E-state index < -0.39 is 17.6 Å². The molecule has 2 N–H and O–H groups in total. The second kappa shape index (κ2) is 7.01. The van der Waals surface area contributed by atoms with Crippen LogP contribution in [0.5, 0.6) is 0 Å². The molecular formula is C15H11F3N4O2S. The van der Waals surface area contributed by atoms with Crippen LogP contribution in [0.2, 0.25) is 0 Å². The summed E-state index contributed by atoms with van der Waals surface area (Å²) in [5, 5.41) is 9.35. The average Bonchev–Trinajstić information content (AvgIpc) is 3.24. The van der Waals surface area contributed by atoms with Gasteiger partial charge in [0.2, 0.25) is 11.1 Å². The SMILES string of the molecule is O=C(CSc1n[nH]c(-c2ccco2)n1)Nc1cccc(C(F)(F)F)c1. The summed E-state index contributed by atoms with van der Waals surface area (Å²) in [7, 11) is 0. The molecule has 2 heterocycles. The van der Waals surface area contributed by atoms with E-state index in [1.807, 2.05) is 0 Å². The van der Waals surface area contributed by atoms with Gasteiger partial charge in [0.15, 0.2) is 11.6 Å². The van der Waals surface area contributed by atoms with Crippen molar-refractivity contribution in [1.82, 2.24) is 15.2 Å². The first-order valence-corrected chi connectivity index (χ1v) is 7.96. The number of carbonyl (C=O) groups is 1. The Bertz CT molecular complexity index is 862. The zero-order chi connectivity index (χ0) is 17.9. The smallest absolute Gasteiger partial charge is 0.416 e. The summed E-state index contributed by atoms with van der Waals surface area (Å²) in [6, 6.07) is 7.84. The van der Waals surface area contributed by atoms with Crippen molar-refractivity contribution in [3.8, 4) is 11.6 Å². The molecule has 0 spiro atoms. The number of carbonyl (C=O) groups excluding carboxylic acids is 1. The molecule has 0 fully saturated rings. The molecule has 3 rings (SSSR count). The largest absolute Gasteiger partial charge is 0.461 e. The van der Waals surface area contributed by atoms with E-state index >= 15 is 0 Å². The fourth-order valence-electron chi connectivity index (χ4n) is 1.93. The molecule has 0 atom stereocenters. The minimum atomic E-state index is -4.46. The molecule has 0 aliphatic heterocycles. The molecule has 6 nitrogen and oxygen atoms in total. The molecule has 2 aromatic heterocycles. The number of rotatable bonds is 5. The van der Waals surface area contributed by atoms with E-state index in [9.17, 15) is 18.0 Å². The molecule has 0 aliphatic rings. The van der Waals surface area contributed by atoms with Crippen molar-refractivity contribution in [3.05, 3.63) is 48.2 Å². The van der Waals surface area contributed by atoms with Gasteiger partial charge in [-0.05, 0) is 30.3 Å². The van der Waals surface area contributed by atoms with Crippen LogP contribution in [-0.4, -0.2) is 26.8 Å². The van der Waals surface area contributed by atoms with Crippen molar-refractivity contribution >= 4 is 23.4 Å². The maximum Gasteiger partial charge on any atom is 0.416 e. The van der Waals surface area contributed by atoms with Gasteiger partial charge >= 0.3 is 6.18 Å². The first-order chi connectivity index (χ1) is 11.9. The molecule has 3 aromatic rings. The minimum absolute atomic E-state index is 0.0499. The van der Waals surface area contributed by atoms with Gasteiger partial charge in [-0.2, -0.15) is 18.2 Å². The lowest BCUT2D eigenvalue weighted by Crippen LogP contribution is -2.15. The molecule has 1 amide bonds. The zero-order valence-electron chi connectivity index (χ0n) is 12.5. The number of anilines is 1. The molecule has 0 unspecified atom stereocenters. The van der Waals surface area contributed by atoms with Crippen LogP contribution in [0.25, 0.3) is 11.6 Å².